The van der Waals surface area contributed by atoms with E-state index in [1.54, 1.807) is 23.1 Å². The molecular formula is C13H16N6O2. The zero-order valence-corrected chi connectivity index (χ0v) is 11.4. The second kappa shape index (κ2) is 5.96. The summed E-state index contributed by atoms with van der Waals surface area (Å²) in [5.74, 6) is -0.297. The van der Waals surface area contributed by atoms with Crippen LogP contribution in [0.25, 0.3) is 0 Å². The molecule has 1 saturated heterocycles. The lowest BCUT2D eigenvalue weighted by Crippen LogP contribution is -2.29. The summed E-state index contributed by atoms with van der Waals surface area (Å²) in [6, 6.07) is 1.74. The first-order chi connectivity index (χ1) is 10.3. The molecule has 0 atom stereocenters. The monoisotopic (exact) mass is 288 g/mol. The molecule has 1 aliphatic heterocycles. The van der Waals surface area contributed by atoms with Crippen molar-refractivity contribution in [3.05, 3.63) is 35.7 Å². The predicted molar refractivity (Wildman–Crippen MR) is 73.0 cm³/mol. The normalized spacial score (nSPS) is 16.0. The van der Waals surface area contributed by atoms with Crippen molar-refractivity contribution in [2.45, 2.75) is 25.3 Å². The van der Waals surface area contributed by atoms with Crippen LogP contribution in [0.2, 0.25) is 0 Å². The predicted octanol–water partition coefficient (Wildman–Crippen LogP) is 0.282. The van der Waals surface area contributed by atoms with E-state index in [0.717, 1.165) is 25.9 Å². The Hall–Kier alpha value is -2.35. The molecule has 0 amide bonds. The number of carboxylic acids is 1. The molecular weight excluding hydrogens is 272 g/mol. The van der Waals surface area contributed by atoms with Gasteiger partial charge in [-0.25, -0.2) is 19.4 Å². The van der Waals surface area contributed by atoms with Crippen LogP contribution in [0.1, 0.15) is 40.8 Å². The number of piperidine rings is 1. The van der Waals surface area contributed by atoms with E-state index in [-0.39, 0.29) is 11.6 Å². The number of hydrogen-bond acceptors (Lipinski definition) is 6. The minimum absolute atomic E-state index is 0.0397. The van der Waals surface area contributed by atoms with Gasteiger partial charge in [0.15, 0.2) is 5.69 Å². The zero-order valence-electron chi connectivity index (χ0n) is 11.4. The summed E-state index contributed by atoms with van der Waals surface area (Å²) < 4.78 is 1.62. The summed E-state index contributed by atoms with van der Waals surface area (Å²) in [4.78, 5) is 19.7. The number of nitrogens with zero attached hydrogens (tertiary/aromatic N) is 5. The Kier molecular flexibility index (Phi) is 3.87. The van der Waals surface area contributed by atoms with Gasteiger partial charge in [-0.2, -0.15) is 0 Å². The molecule has 0 aliphatic carbocycles. The lowest BCUT2D eigenvalue weighted by molar-refractivity contribution is 0.0688. The van der Waals surface area contributed by atoms with E-state index < -0.39 is 5.97 Å². The molecule has 0 spiro atoms. The fourth-order valence-electron chi connectivity index (χ4n) is 2.63. The highest BCUT2D eigenvalue weighted by molar-refractivity contribution is 5.86. The Morgan fingerprint density at radius 3 is 2.71 bits per heavy atom. The van der Waals surface area contributed by atoms with Gasteiger partial charge < -0.3 is 10.4 Å². The van der Waals surface area contributed by atoms with Gasteiger partial charge in [0.2, 0.25) is 0 Å². The van der Waals surface area contributed by atoms with Crippen molar-refractivity contribution in [3.8, 4) is 0 Å². The summed E-state index contributed by atoms with van der Waals surface area (Å²) in [5, 5.41) is 20.4. The van der Waals surface area contributed by atoms with Gasteiger partial charge in [0.05, 0.1) is 5.69 Å². The zero-order chi connectivity index (χ0) is 14.7. The van der Waals surface area contributed by atoms with E-state index in [2.05, 4.69) is 25.6 Å². The minimum Gasteiger partial charge on any atom is -0.476 e. The largest absolute Gasteiger partial charge is 0.476 e. The van der Waals surface area contributed by atoms with Crippen LogP contribution >= 0.6 is 0 Å². The third kappa shape index (κ3) is 2.89. The number of aromatic carboxylic acids is 1. The average molecular weight is 288 g/mol. The van der Waals surface area contributed by atoms with Crippen molar-refractivity contribution in [3.63, 3.8) is 0 Å². The molecule has 2 aromatic heterocycles. The number of aromatic nitrogens is 5. The van der Waals surface area contributed by atoms with Crippen molar-refractivity contribution < 1.29 is 9.90 Å². The molecule has 1 fully saturated rings. The minimum atomic E-state index is -1.04. The lowest BCUT2D eigenvalue weighted by atomic mass is 9.93. The molecule has 110 valence electrons. The highest BCUT2D eigenvalue weighted by atomic mass is 16.4. The second-order valence-corrected chi connectivity index (χ2v) is 4.98. The Morgan fingerprint density at radius 2 is 2.05 bits per heavy atom. The molecule has 8 nitrogen and oxygen atoms in total. The molecule has 8 heteroatoms. The molecule has 2 aromatic rings. The Bertz CT molecular complexity index is 621. The summed E-state index contributed by atoms with van der Waals surface area (Å²) in [6.45, 7) is 2.08. The second-order valence-electron chi connectivity index (χ2n) is 4.98. The van der Waals surface area contributed by atoms with Gasteiger partial charge in [-0.15, -0.1) is 5.10 Å². The Morgan fingerprint density at radius 1 is 1.33 bits per heavy atom. The molecule has 0 bridgehead atoms. The number of carbonyl (C=O) groups is 1. The topological polar surface area (TPSA) is 106 Å². The third-order valence-corrected chi connectivity index (χ3v) is 3.61. The summed E-state index contributed by atoms with van der Waals surface area (Å²) in [6.07, 6.45) is 5.07. The van der Waals surface area contributed by atoms with Crippen molar-refractivity contribution in [2.24, 2.45) is 0 Å². The van der Waals surface area contributed by atoms with E-state index in [9.17, 15) is 9.90 Å². The van der Waals surface area contributed by atoms with Crippen molar-refractivity contribution in [1.82, 2.24) is 30.3 Å². The van der Waals surface area contributed by atoms with Gasteiger partial charge in [-0.05, 0) is 32.0 Å². The van der Waals surface area contributed by atoms with Gasteiger partial charge in [-0.3, -0.25) is 0 Å². The van der Waals surface area contributed by atoms with Crippen LogP contribution in [0.5, 0.6) is 0 Å². The average Bonchev–Trinajstić information content (AvgIpc) is 2.93. The quantitative estimate of drug-likeness (QED) is 0.832. The van der Waals surface area contributed by atoms with Gasteiger partial charge in [0.25, 0.3) is 0 Å². The first-order valence-electron chi connectivity index (χ1n) is 6.89. The summed E-state index contributed by atoms with van der Waals surface area (Å²) in [5.41, 5.74) is 0.717. The van der Waals surface area contributed by atoms with Crippen LogP contribution < -0.4 is 5.32 Å². The summed E-state index contributed by atoms with van der Waals surface area (Å²) >= 11 is 0. The van der Waals surface area contributed by atoms with Gasteiger partial charge in [-0.1, -0.05) is 5.21 Å². The fraction of sp³-hybridized carbons (Fsp3) is 0.462. The number of hydrogen-bond donors (Lipinski definition) is 2. The number of rotatable bonds is 4. The highest BCUT2D eigenvalue weighted by Gasteiger charge is 2.27. The van der Waals surface area contributed by atoms with Crippen LogP contribution in [0.15, 0.2) is 18.5 Å². The fourth-order valence-corrected chi connectivity index (χ4v) is 2.63. The number of carboxylic acid groups (broad SMARTS) is 1. The van der Waals surface area contributed by atoms with Crippen LogP contribution in [0, 0.1) is 0 Å². The SMILES string of the molecule is O=C(O)c1nnn(Cc2ncccn2)c1C1CCNCC1. The van der Waals surface area contributed by atoms with Gasteiger partial charge in [0.1, 0.15) is 12.4 Å². The third-order valence-electron chi connectivity index (χ3n) is 3.61. The maximum Gasteiger partial charge on any atom is 0.358 e. The molecule has 0 saturated carbocycles. The van der Waals surface area contributed by atoms with E-state index in [1.807, 2.05) is 0 Å². The Labute approximate surface area is 121 Å². The molecule has 0 radical (unpaired) electrons. The standard InChI is InChI=1S/C13H16N6O2/c20-13(21)11-12(9-2-6-14-7-3-9)19(18-17-11)8-10-15-4-1-5-16-10/h1,4-5,9,14H,2-3,6-8H2,(H,20,21). The van der Waals surface area contributed by atoms with Crippen molar-refractivity contribution in [1.29, 1.82) is 0 Å². The first kappa shape index (κ1) is 13.6. The summed E-state index contributed by atoms with van der Waals surface area (Å²) in [7, 11) is 0. The van der Waals surface area contributed by atoms with Crippen molar-refractivity contribution in [2.75, 3.05) is 13.1 Å². The molecule has 0 aromatic carbocycles. The molecule has 21 heavy (non-hydrogen) atoms. The molecule has 3 heterocycles. The van der Waals surface area contributed by atoms with E-state index >= 15 is 0 Å². The lowest BCUT2D eigenvalue weighted by Gasteiger charge is -2.23. The van der Waals surface area contributed by atoms with Crippen LogP contribution in [0.4, 0.5) is 0 Å². The van der Waals surface area contributed by atoms with Gasteiger partial charge >= 0.3 is 5.97 Å². The Balaban J connectivity index is 1.94. The van der Waals surface area contributed by atoms with E-state index in [0.29, 0.717) is 18.1 Å². The van der Waals surface area contributed by atoms with Crippen LogP contribution in [0.3, 0.4) is 0 Å². The molecule has 0 unspecified atom stereocenters. The molecule has 3 rings (SSSR count). The van der Waals surface area contributed by atoms with E-state index in [4.69, 9.17) is 0 Å². The van der Waals surface area contributed by atoms with Crippen LogP contribution in [-0.2, 0) is 6.54 Å². The van der Waals surface area contributed by atoms with Gasteiger partial charge in [0, 0.05) is 18.3 Å². The maximum atomic E-state index is 11.4. The maximum absolute atomic E-state index is 11.4. The molecule has 1 aliphatic rings. The number of nitrogens with one attached hydrogen (secondary N) is 1. The smallest absolute Gasteiger partial charge is 0.358 e. The van der Waals surface area contributed by atoms with Crippen LogP contribution in [-0.4, -0.2) is 49.1 Å². The first-order valence-corrected chi connectivity index (χ1v) is 6.89. The highest BCUT2D eigenvalue weighted by Crippen LogP contribution is 2.27. The molecule has 2 N–H and O–H groups in total. The van der Waals surface area contributed by atoms with E-state index in [1.165, 1.54) is 0 Å². The van der Waals surface area contributed by atoms with Crippen molar-refractivity contribution >= 4 is 5.97 Å².